The average molecular weight is 224 g/mol. The molecule has 0 aliphatic heterocycles. The number of benzene rings is 1. The van der Waals surface area contributed by atoms with E-state index in [0.29, 0.717) is 12.3 Å². The summed E-state index contributed by atoms with van der Waals surface area (Å²) in [5.41, 5.74) is 8.11. The lowest BCUT2D eigenvalue weighted by atomic mass is 10.3. The van der Waals surface area contributed by atoms with Crippen LogP contribution in [0.1, 0.15) is 0 Å². The highest BCUT2D eigenvalue weighted by atomic mass is 32.2. The van der Waals surface area contributed by atoms with Gasteiger partial charge in [-0.25, -0.2) is 0 Å². The first-order valence-corrected chi connectivity index (χ1v) is 5.10. The number of thioether (sulfide) groups is 1. The summed E-state index contributed by atoms with van der Waals surface area (Å²) in [6.07, 6.45) is 0. The van der Waals surface area contributed by atoms with Gasteiger partial charge in [-0.2, -0.15) is 0 Å². The summed E-state index contributed by atoms with van der Waals surface area (Å²) < 4.78 is 0. The van der Waals surface area contributed by atoms with Gasteiger partial charge in [0, 0.05) is 34.2 Å². The minimum absolute atomic E-state index is 0.0781. The molecule has 0 atom stereocenters. The molecule has 0 aromatic heterocycles. The minimum Gasteiger partial charge on any atom is -0.258 e. The molecule has 0 N–H and O–H groups in total. The lowest BCUT2D eigenvalue weighted by molar-refractivity contribution is -0.384. The number of hydrogen-bond donors (Lipinski definition) is 0. The van der Waals surface area contributed by atoms with E-state index in [9.17, 15) is 10.1 Å². The molecule has 1 aromatic carbocycles. The maximum atomic E-state index is 10.4. The minimum atomic E-state index is -0.436. The van der Waals surface area contributed by atoms with Crippen molar-refractivity contribution < 1.29 is 4.92 Å². The highest BCUT2D eigenvalue weighted by Crippen LogP contribution is 2.20. The van der Waals surface area contributed by atoms with Gasteiger partial charge in [-0.1, -0.05) is 5.11 Å². The van der Waals surface area contributed by atoms with Crippen LogP contribution in [0.25, 0.3) is 10.4 Å². The van der Waals surface area contributed by atoms with Crippen LogP contribution in [0, 0.1) is 10.1 Å². The van der Waals surface area contributed by atoms with Crippen LogP contribution < -0.4 is 0 Å². The first-order valence-electron chi connectivity index (χ1n) is 4.12. The molecule has 0 bridgehead atoms. The normalized spacial score (nSPS) is 9.33. The highest BCUT2D eigenvalue weighted by molar-refractivity contribution is 7.99. The van der Waals surface area contributed by atoms with E-state index in [4.69, 9.17) is 5.53 Å². The summed E-state index contributed by atoms with van der Waals surface area (Å²) in [6, 6.07) is 6.27. The fourth-order valence-corrected chi connectivity index (χ4v) is 1.65. The van der Waals surface area contributed by atoms with Crippen LogP contribution in [0.2, 0.25) is 0 Å². The molecule has 0 saturated carbocycles. The third kappa shape index (κ3) is 3.88. The molecule has 0 aliphatic rings. The van der Waals surface area contributed by atoms with Crippen molar-refractivity contribution in [2.45, 2.75) is 4.90 Å². The first-order chi connectivity index (χ1) is 7.24. The lowest BCUT2D eigenvalue weighted by Gasteiger charge is -1.97. The fourth-order valence-electron chi connectivity index (χ4n) is 0.913. The summed E-state index contributed by atoms with van der Waals surface area (Å²) in [7, 11) is 0. The molecule has 78 valence electrons. The molecule has 0 heterocycles. The second-order valence-corrected chi connectivity index (χ2v) is 3.72. The number of hydrogen-bond acceptors (Lipinski definition) is 4. The zero-order chi connectivity index (χ0) is 11.1. The summed E-state index contributed by atoms with van der Waals surface area (Å²) in [5.74, 6) is 0.669. The van der Waals surface area contributed by atoms with Crippen molar-refractivity contribution in [3.8, 4) is 0 Å². The lowest BCUT2D eigenvalue weighted by Crippen LogP contribution is -1.87. The Hall–Kier alpha value is -1.72. The SMILES string of the molecule is [N-]=[N+]=NCCSc1ccc([N+](=O)[O-])cc1. The van der Waals surface area contributed by atoms with Gasteiger partial charge in [0.25, 0.3) is 5.69 Å². The molecule has 0 aliphatic carbocycles. The Bertz CT molecular complexity index is 386. The van der Waals surface area contributed by atoms with Gasteiger partial charge in [0.2, 0.25) is 0 Å². The molecule has 0 unspecified atom stereocenters. The molecule has 0 spiro atoms. The van der Waals surface area contributed by atoms with Crippen LogP contribution in [0.15, 0.2) is 34.3 Å². The molecule has 1 rings (SSSR count). The van der Waals surface area contributed by atoms with Gasteiger partial charge in [0.15, 0.2) is 0 Å². The Morgan fingerprint density at radius 1 is 1.47 bits per heavy atom. The summed E-state index contributed by atoms with van der Waals surface area (Å²) in [6.45, 7) is 0.415. The average Bonchev–Trinajstić information content (AvgIpc) is 2.25. The van der Waals surface area contributed by atoms with E-state index < -0.39 is 4.92 Å². The van der Waals surface area contributed by atoms with Crippen molar-refractivity contribution >= 4 is 17.4 Å². The molecule has 1 aromatic rings. The largest absolute Gasteiger partial charge is 0.269 e. The number of nitro groups is 1. The Labute approximate surface area is 90.1 Å². The Morgan fingerprint density at radius 2 is 2.13 bits per heavy atom. The number of azide groups is 1. The Balaban J connectivity index is 2.49. The number of rotatable bonds is 5. The van der Waals surface area contributed by atoms with Gasteiger partial charge < -0.3 is 0 Å². The monoisotopic (exact) mass is 224 g/mol. The van der Waals surface area contributed by atoms with Gasteiger partial charge in [0.05, 0.1) is 4.92 Å². The molecule has 0 saturated heterocycles. The van der Waals surface area contributed by atoms with Gasteiger partial charge in [0.1, 0.15) is 0 Å². The molecular weight excluding hydrogens is 216 g/mol. The second kappa shape index (κ2) is 5.90. The van der Waals surface area contributed by atoms with Crippen molar-refractivity contribution in [2.24, 2.45) is 5.11 Å². The molecule has 0 amide bonds. The van der Waals surface area contributed by atoms with E-state index >= 15 is 0 Å². The van der Waals surface area contributed by atoms with Crippen molar-refractivity contribution in [1.82, 2.24) is 0 Å². The fraction of sp³-hybridized carbons (Fsp3) is 0.250. The quantitative estimate of drug-likeness (QED) is 0.146. The smallest absolute Gasteiger partial charge is 0.258 e. The first kappa shape index (κ1) is 11.4. The molecule has 0 fully saturated rings. The predicted octanol–water partition coefficient (Wildman–Crippen LogP) is 3.00. The maximum absolute atomic E-state index is 10.4. The molecule has 0 radical (unpaired) electrons. The van der Waals surface area contributed by atoms with Gasteiger partial charge in [-0.3, -0.25) is 10.1 Å². The molecular formula is C8H8N4O2S. The van der Waals surface area contributed by atoms with Gasteiger partial charge in [-0.15, -0.1) is 11.8 Å². The standard InChI is InChI=1S/C8H8N4O2S/c9-11-10-5-6-15-8-3-1-7(2-4-8)12(13)14/h1-4H,5-6H2. The summed E-state index contributed by atoms with van der Waals surface area (Å²) in [5, 5.41) is 13.7. The number of non-ortho nitro benzene ring substituents is 1. The van der Waals surface area contributed by atoms with Gasteiger partial charge >= 0.3 is 0 Å². The topological polar surface area (TPSA) is 91.9 Å². The van der Waals surface area contributed by atoms with Crippen LogP contribution in [0.3, 0.4) is 0 Å². The third-order valence-corrected chi connectivity index (χ3v) is 2.56. The molecule has 6 nitrogen and oxygen atoms in total. The van der Waals surface area contributed by atoms with Crippen LogP contribution in [0.5, 0.6) is 0 Å². The van der Waals surface area contributed by atoms with Crippen LogP contribution >= 0.6 is 11.8 Å². The van der Waals surface area contributed by atoms with Gasteiger partial charge in [-0.05, 0) is 17.7 Å². The van der Waals surface area contributed by atoms with Crippen molar-refractivity contribution in [3.63, 3.8) is 0 Å². The zero-order valence-corrected chi connectivity index (χ0v) is 8.55. The second-order valence-electron chi connectivity index (χ2n) is 2.55. The molecule has 7 heteroatoms. The maximum Gasteiger partial charge on any atom is 0.269 e. The van der Waals surface area contributed by atoms with E-state index in [1.54, 1.807) is 12.1 Å². The van der Waals surface area contributed by atoms with E-state index in [-0.39, 0.29) is 5.69 Å². The van der Waals surface area contributed by atoms with Crippen molar-refractivity contribution in [2.75, 3.05) is 12.3 Å². The van der Waals surface area contributed by atoms with Crippen LogP contribution in [-0.4, -0.2) is 17.2 Å². The Morgan fingerprint density at radius 3 is 2.67 bits per heavy atom. The summed E-state index contributed by atoms with van der Waals surface area (Å²) >= 11 is 1.49. The number of nitrogens with zero attached hydrogens (tertiary/aromatic N) is 4. The predicted molar refractivity (Wildman–Crippen MR) is 57.8 cm³/mol. The van der Waals surface area contributed by atoms with Crippen molar-refractivity contribution in [1.29, 1.82) is 0 Å². The Kier molecular flexibility index (Phi) is 4.46. The zero-order valence-electron chi connectivity index (χ0n) is 7.74. The summed E-state index contributed by atoms with van der Waals surface area (Å²) in [4.78, 5) is 13.5. The van der Waals surface area contributed by atoms with E-state index in [1.807, 2.05) is 0 Å². The third-order valence-electron chi connectivity index (χ3n) is 1.57. The van der Waals surface area contributed by atoms with E-state index in [0.717, 1.165) is 4.90 Å². The van der Waals surface area contributed by atoms with Crippen LogP contribution in [0.4, 0.5) is 5.69 Å². The van der Waals surface area contributed by atoms with E-state index in [1.165, 1.54) is 23.9 Å². The van der Waals surface area contributed by atoms with E-state index in [2.05, 4.69) is 10.0 Å². The number of nitro benzene ring substituents is 1. The molecule has 15 heavy (non-hydrogen) atoms. The van der Waals surface area contributed by atoms with Crippen molar-refractivity contribution in [3.05, 3.63) is 44.8 Å². The highest BCUT2D eigenvalue weighted by Gasteiger charge is 2.03. The van der Waals surface area contributed by atoms with Crippen LogP contribution in [-0.2, 0) is 0 Å².